The van der Waals surface area contributed by atoms with Gasteiger partial charge in [0.25, 0.3) is 0 Å². The number of nitrogens with one attached hydrogen (secondary N) is 1. The van der Waals surface area contributed by atoms with Crippen LogP contribution in [0.4, 0.5) is 0 Å². The van der Waals surface area contributed by atoms with Crippen molar-refractivity contribution in [1.29, 1.82) is 0 Å². The molecule has 2 aliphatic rings. The van der Waals surface area contributed by atoms with Crippen LogP contribution in [-0.2, 0) is 9.59 Å². The van der Waals surface area contributed by atoms with Crippen molar-refractivity contribution in [2.24, 2.45) is 0 Å². The fraction of sp³-hybridized carbons (Fsp3) is 0.800. The number of hydrogen-bond donors (Lipinski definition) is 3. The Labute approximate surface area is 94.2 Å². The van der Waals surface area contributed by atoms with Gasteiger partial charge >= 0.3 is 11.9 Å². The van der Waals surface area contributed by atoms with Gasteiger partial charge in [-0.1, -0.05) is 6.42 Å². The van der Waals surface area contributed by atoms with Gasteiger partial charge in [0.15, 0.2) is 0 Å². The molecule has 0 aromatic carbocycles. The smallest absolute Gasteiger partial charge is 0.414 e. The summed E-state index contributed by atoms with van der Waals surface area (Å²) in [5.41, 5.74) is 0. The molecule has 0 spiro atoms. The van der Waals surface area contributed by atoms with Gasteiger partial charge in [0, 0.05) is 25.7 Å². The first-order valence-corrected chi connectivity index (χ1v) is 5.52. The minimum absolute atomic E-state index is 0.877. The normalized spacial score (nSPS) is 24.9. The van der Waals surface area contributed by atoms with Crippen LogP contribution in [0.15, 0.2) is 0 Å². The third kappa shape index (κ3) is 4.16. The van der Waals surface area contributed by atoms with Crippen LogP contribution in [0.3, 0.4) is 0 Å². The van der Waals surface area contributed by atoms with E-state index in [2.05, 4.69) is 10.2 Å². The highest BCUT2D eigenvalue weighted by molar-refractivity contribution is 6.27. The summed E-state index contributed by atoms with van der Waals surface area (Å²) in [7, 11) is 0. The maximum Gasteiger partial charge on any atom is 0.414 e. The molecule has 0 unspecified atom stereocenters. The third-order valence-corrected chi connectivity index (χ3v) is 2.89. The second-order valence-corrected chi connectivity index (χ2v) is 4.00. The van der Waals surface area contributed by atoms with Crippen molar-refractivity contribution in [2.75, 3.05) is 26.2 Å². The van der Waals surface area contributed by atoms with Crippen LogP contribution >= 0.6 is 0 Å². The molecule has 2 saturated heterocycles. The Kier molecular flexibility index (Phi) is 5.21. The molecule has 3 N–H and O–H groups in total. The monoisotopic (exact) mass is 230 g/mol. The van der Waals surface area contributed by atoms with E-state index in [-0.39, 0.29) is 0 Å². The summed E-state index contributed by atoms with van der Waals surface area (Å²) in [6.07, 6.45) is 4.30. The zero-order chi connectivity index (χ0) is 12.0. The lowest BCUT2D eigenvalue weighted by Gasteiger charge is -2.39. The van der Waals surface area contributed by atoms with Gasteiger partial charge in [-0.3, -0.25) is 4.90 Å². The lowest BCUT2D eigenvalue weighted by molar-refractivity contribution is -0.159. The second-order valence-electron chi connectivity index (χ2n) is 4.00. The number of carbonyl (C=O) groups is 2. The van der Waals surface area contributed by atoms with Crippen molar-refractivity contribution in [2.45, 2.75) is 25.3 Å². The van der Waals surface area contributed by atoms with Crippen molar-refractivity contribution in [3.05, 3.63) is 0 Å². The van der Waals surface area contributed by atoms with E-state index in [9.17, 15) is 0 Å². The van der Waals surface area contributed by atoms with Gasteiger partial charge in [0.1, 0.15) is 0 Å². The Morgan fingerprint density at radius 2 is 1.81 bits per heavy atom. The Morgan fingerprint density at radius 3 is 2.38 bits per heavy atom. The first kappa shape index (κ1) is 12.9. The number of nitrogens with zero attached hydrogens (tertiary/aromatic N) is 1. The number of hydrogen-bond acceptors (Lipinski definition) is 4. The summed E-state index contributed by atoms with van der Waals surface area (Å²) >= 11 is 0. The molecular weight excluding hydrogens is 212 g/mol. The first-order valence-electron chi connectivity index (χ1n) is 5.52. The van der Waals surface area contributed by atoms with Crippen LogP contribution in [0, 0.1) is 0 Å². The van der Waals surface area contributed by atoms with E-state index in [0.717, 1.165) is 6.04 Å². The second kappa shape index (κ2) is 6.44. The molecular formula is C10H18N2O4. The highest BCUT2D eigenvalue weighted by Gasteiger charge is 2.23. The zero-order valence-electron chi connectivity index (χ0n) is 9.19. The molecule has 2 heterocycles. The molecule has 2 aliphatic heterocycles. The van der Waals surface area contributed by atoms with Gasteiger partial charge in [-0.15, -0.1) is 0 Å². The molecule has 6 heteroatoms. The van der Waals surface area contributed by atoms with Crippen LogP contribution < -0.4 is 5.32 Å². The molecule has 92 valence electrons. The molecule has 0 amide bonds. The maximum absolute atomic E-state index is 9.10. The molecule has 6 nitrogen and oxygen atoms in total. The zero-order valence-corrected chi connectivity index (χ0v) is 9.19. The van der Waals surface area contributed by atoms with Crippen molar-refractivity contribution >= 4 is 11.9 Å². The molecule has 2 rings (SSSR count). The average Bonchev–Trinajstić information content (AvgIpc) is 2.30. The van der Waals surface area contributed by atoms with Crippen LogP contribution in [0.25, 0.3) is 0 Å². The van der Waals surface area contributed by atoms with Gasteiger partial charge in [-0.25, -0.2) is 9.59 Å². The molecule has 0 saturated carbocycles. The molecule has 0 radical (unpaired) electrons. The summed E-state index contributed by atoms with van der Waals surface area (Å²) < 4.78 is 0. The molecule has 2 fully saturated rings. The summed E-state index contributed by atoms with van der Waals surface area (Å²) in [4.78, 5) is 20.8. The third-order valence-electron chi connectivity index (χ3n) is 2.89. The lowest BCUT2D eigenvalue weighted by atomic mass is 10.0. The summed E-state index contributed by atoms with van der Waals surface area (Å²) in [5.74, 6) is -3.65. The minimum Gasteiger partial charge on any atom is -0.473 e. The standard InChI is InChI=1S/C8H16N2.C2H2O4/c1-2-5-10-6-4-9-7-8(10)3-1;3-1(4)2(5)6/h8-9H,1-7H2;(H,3,4)(H,5,6)/t8-;/m0./s1. The van der Waals surface area contributed by atoms with E-state index in [0.29, 0.717) is 0 Å². The SMILES string of the molecule is C1CCN2CCNC[C@@H]2C1.O=C(O)C(=O)O. The van der Waals surface area contributed by atoms with E-state index in [1.807, 2.05) is 0 Å². The molecule has 16 heavy (non-hydrogen) atoms. The molecule has 0 aromatic rings. The van der Waals surface area contributed by atoms with Gasteiger partial charge in [-0.05, 0) is 19.4 Å². The van der Waals surface area contributed by atoms with Crippen LogP contribution in [-0.4, -0.2) is 59.3 Å². The van der Waals surface area contributed by atoms with Crippen LogP contribution in [0.5, 0.6) is 0 Å². The fourth-order valence-corrected chi connectivity index (χ4v) is 2.08. The number of piperidine rings is 1. The number of rotatable bonds is 0. The number of carboxylic acids is 2. The number of aliphatic carboxylic acids is 2. The highest BCUT2D eigenvalue weighted by atomic mass is 16.4. The van der Waals surface area contributed by atoms with Crippen molar-refractivity contribution in [3.63, 3.8) is 0 Å². The van der Waals surface area contributed by atoms with Gasteiger partial charge in [-0.2, -0.15) is 0 Å². The molecule has 0 aromatic heterocycles. The predicted molar refractivity (Wildman–Crippen MR) is 57.4 cm³/mol. The topological polar surface area (TPSA) is 89.9 Å². The summed E-state index contributed by atoms with van der Waals surface area (Å²) in [5, 5.41) is 18.2. The molecule has 0 aliphatic carbocycles. The quantitative estimate of drug-likeness (QED) is 0.491. The number of fused-ring (bicyclic) bond motifs is 1. The van der Waals surface area contributed by atoms with Crippen LogP contribution in [0.2, 0.25) is 0 Å². The summed E-state index contributed by atoms with van der Waals surface area (Å²) in [6, 6.07) is 0.877. The number of carboxylic acid groups (broad SMARTS) is 2. The van der Waals surface area contributed by atoms with Crippen molar-refractivity contribution < 1.29 is 19.8 Å². The Hall–Kier alpha value is -1.14. The van der Waals surface area contributed by atoms with Gasteiger partial charge in [0.2, 0.25) is 0 Å². The van der Waals surface area contributed by atoms with E-state index < -0.39 is 11.9 Å². The van der Waals surface area contributed by atoms with E-state index in [1.165, 1.54) is 45.4 Å². The minimum atomic E-state index is -1.82. The Bertz CT molecular complexity index is 219. The highest BCUT2D eigenvalue weighted by Crippen LogP contribution is 2.17. The molecule has 0 bridgehead atoms. The number of piperazine rings is 1. The lowest BCUT2D eigenvalue weighted by Crippen LogP contribution is -2.53. The van der Waals surface area contributed by atoms with Gasteiger partial charge in [0.05, 0.1) is 0 Å². The van der Waals surface area contributed by atoms with E-state index >= 15 is 0 Å². The summed E-state index contributed by atoms with van der Waals surface area (Å²) in [6.45, 7) is 5.08. The average molecular weight is 230 g/mol. The Balaban J connectivity index is 0.000000187. The predicted octanol–water partition coefficient (Wildman–Crippen LogP) is -0.400. The van der Waals surface area contributed by atoms with Crippen molar-refractivity contribution in [1.82, 2.24) is 10.2 Å². The fourth-order valence-electron chi connectivity index (χ4n) is 2.08. The molecule has 1 atom stereocenters. The Morgan fingerprint density at radius 1 is 1.12 bits per heavy atom. The van der Waals surface area contributed by atoms with E-state index in [4.69, 9.17) is 19.8 Å². The van der Waals surface area contributed by atoms with E-state index in [1.54, 1.807) is 0 Å². The maximum atomic E-state index is 9.10. The van der Waals surface area contributed by atoms with Crippen LogP contribution in [0.1, 0.15) is 19.3 Å². The largest absolute Gasteiger partial charge is 0.473 e. The first-order chi connectivity index (χ1) is 7.61. The van der Waals surface area contributed by atoms with Crippen molar-refractivity contribution in [3.8, 4) is 0 Å². The van der Waals surface area contributed by atoms with Gasteiger partial charge < -0.3 is 15.5 Å².